The number of hydrogen-bond donors (Lipinski definition) is 2. The Bertz CT molecular complexity index is 1330. The first-order valence-electron chi connectivity index (χ1n) is 10.0. The summed E-state index contributed by atoms with van der Waals surface area (Å²) in [6.45, 7) is 0.350. The molecule has 1 amide bonds. The highest BCUT2D eigenvalue weighted by molar-refractivity contribution is 7.17. The number of nitrogens with zero attached hydrogens (tertiary/aromatic N) is 1. The molecular weight excluding hydrogens is 426 g/mol. The molecule has 2 aromatic heterocycles. The first-order chi connectivity index (χ1) is 15.5. The van der Waals surface area contributed by atoms with Gasteiger partial charge in [-0.15, -0.1) is 11.3 Å². The first-order valence-corrected chi connectivity index (χ1v) is 10.9. The summed E-state index contributed by atoms with van der Waals surface area (Å²) in [6, 6.07) is 17.0. The first kappa shape index (κ1) is 21.5. The number of ether oxygens (including phenoxy) is 1. The predicted octanol–water partition coefficient (Wildman–Crippen LogP) is 3.74. The lowest BCUT2D eigenvalue weighted by atomic mass is 10.1. The molecule has 0 radical (unpaired) electrons. The molecule has 0 aliphatic heterocycles. The topological polar surface area (TPSA) is 101 Å². The number of carbonyl (C=O) groups excluding carboxylic acids is 2. The number of H-pyrrole nitrogens is 1. The van der Waals surface area contributed by atoms with E-state index >= 15 is 0 Å². The van der Waals surface area contributed by atoms with Gasteiger partial charge in [0.15, 0.2) is 11.6 Å². The number of aryl methyl sites for hydroxylation is 1. The maximum Gasteiger partial charge on any atom is 0.260 e. The molecule has 162 valence electrons. The number of rotatable bonds is 8. The Morgan fingerprint density at radius 3 is 2.66 bits per heavy atom. The molecule has 7 nitrogen and oxygen atoms in total. The Kier molecular flexibility index (Phi) is 6.42. The Morgan fingerprint density at radius 1 is 1.09 bits per heavy atom. The molecule has 0 saturated carbocycles. The Morgan fingerprint density at radius 2 is 1.88 bits per heavy atom. The minimum absolute atomic E-state index is 0.00323. The van der Waals surface area contributed by atoms with E-state index in [1.807, 2.05) is 54.6 Å². The molecular formula is C24H21N3O4S. The normalized spacial score (nSPS) is 10.8. The average Bonchev–Trinajstić information content (AvgIpc) is 3.26. The molecule has 0 saturated heterocycles. The van der Waals surface area contributed by atoms with Crippen molar-refractivity contribution in [1.29, 1.82) is 0 Å². The molecule has 2 aromatic carbocycles. The summed E-state index contributed by atoms with van der Waals surface area (Å²) in [5.41, 5.74) is 1.67. The van der Waals surface area contributed by atoms with Crippen LogP contribution in [-0.4, -0.2) is 28.8 Å². The number of fused-ring (bicyclic) bond motifs is 1. The molecule has 8 heteroatoms. The number of amides is 1. The van der Waals surface area contributed by atoms with E-state index in [2.05, 4.69) is 15.3 Å². The van der Waals surface area contributed by atoms with Gasteiger partial charge in [0.2, 0.25) is 0 Å². The molecule has 0 fully saturated rings. The van der Waals surface area contributed by atoms with Crippen molar-refractivity contribution in [2.45, 2.75) is 19.4 Å². The number of aromatic nitrogens is 2. The smallest absolute Gasteiger partial charge is 0.260 e. The largest absolute Gasteiger partial charge is 0.497 e. The number of benzene rings is 2. The van der Waals surface area contributed by atoms with E-state index in [0.29, 0.717) is 17.8 Å². The lowest BCUT2D eigenvalue weighted by molar-refractivity contribution is 0.0951. The third-order valence-electron chi connectivity index (χ3n) is 5.02. The van der Waals surface area contributed by atoms with Crippen LogP contribution in [0.15, 0.2) is 64.8 Å². The lowest BCUT2D eigenvalue weighted by Gasteiger charge is -2.05. The molecule has 4 rings (SSSR count). The standard InChI is InChI=1S/C24H21N3O4S/c1-31-17-9-5-8-15(12-17)10-11-19(28)21-26-23(30)20-18(14-32-24(20)27-21)22(29)25-13-16-6-3-2-4-7-16/h2-9,12,14H,10-11,13H2,1H3,(H,25,29)(H,26,27,30). The zero-order chi connectivity index (χ0) is 22.5. The molecule has 0 unspecified atom stereocenters. The van der Waals surface area contributed by atoms with Gasteiger partial charge in [-0.1, -0.05) is 42.5 Å². The van der Waals surface area contributed by atoms with Crippen molar-refractivity contribution >= 4 is 33.2 Å². The van der Waals surface area contributed by atoms with Gasteiger partial charge in [0, 0.05) is 18.3 Å². The van der Waals surface area contributed by atoms with Crippen LogP contribution in [0, 0.1) is 0 Å². The number of methoxy groups -OCH3 is 1. The van der Waals surface area contributed by atoms with Crippen molar-refractivity contribution in [2.75, 3.05) is 7.11 Å². The minimum Gasteiger partial charge on any atom is -0.497 e. The summed E-state index contributed by atoms with van der Waals surface area (Å²) in [5, 5.41) is 4.61. The van der Waals surface area contributed by atoms with Crippen molar-refractivity contribution in [3.8, 4) is 5.75 Å². The lowest BCUT2D eigenvalue weighted by Crippen LogP contribution is -2.24. The second kappa shape index (κ2) is 9.57. The quantitative estimate of drug-likeness (QED) is 0.401. The molecule has 2 heterocycles. The third-order valence-corrected chi connectivity index (χ3v) is 5.90. The number of thiophene rings is 1. The van der Waals surface area contributed by atoms with Crippen LogP contribution in [0.1, 0.15) is 38.5 Å². The second-order valence-electron chi connectivity index (χ2n) is 7.19. The predicted molar refractivity (Wildman–Crippen MR) is 123 cm³/mol. The van der Waals surface area contributed by atoms with E-state index in [4.69, 9.17) is 4.74 Å². The van der Waals surface area contributed by atoms with Crippen LogP contribution in [0.2, 0.25) is 0 Å². The van der Waals surface area contributed by atoms with E-state index in [-0.39, 0.29) is 34.9 Å². The van der Waals surface area contributed by atoms with Gasteiger partial charge in [-0.05, 0) is 29.7 Å². The number of aromatic amines is 1. The minimum atomic E-state index is -0.495. The zero-order valence-electron chi connectivity index (χ0n) is 17.4. The van der Waals surface area contributed by atoms with Crippen LogP contribution in [0.5, 0.6) is 5.75 Å². The average molecular weight is 448 g/mol. The maximum absolute atomic E-state index is 12.7. The highest BCUT2D eigenvalue weighted by Crippen LogP contribution is 2.22. The van der Waals surface area contributed by atoms with Crippen molar-refractivity contribution < 1.29 is 14.3 Å². The summed E-state index contributed by atoms with van der Waals surface area (Å²) in [7, 11) is 1.59. The van der Waals surface area contributed by atoms with E-state index in [9.17, 15) is 14.4 Å². The number of carbonyl (C=O) groups is 2. The molecule has 4 aromatic rings. The highest BCUT2D eigenvalue weighted by Gasteiger charge is 2.19. The monoisotopic (exact) mass is 447 g/mol. The summed E-state index contributed by atoms with van der Waals surface area (Å²) in [4.78, 5) is 45.2. The van der Waals surface area contributed by atoms with Crippen LogP contribution >= 0.6 is 11.3 Å². The van der Waals surface area contributed by atoms with Crippen LogP contribution in [0.3, 0.4) is 0 Å². The summed E-state index contributed by atoms with van der Waals surface area (Å²) in [6.07, 6.45) is 0.687. The second-order valence-corrected chi connectivity index (χ2v) is 8.05. The Labute approximate surface area is 188 Å². The molecule has 0 aliphatic rings. The number of nitrogens with one attached hydrogen (secondary N) is 2. The third kappa shape index (κ3) is 4.76. The SMILES string of the molecule is COc1cccc(CCC(=O)c2nc3scc(C(=O)NCc4ccccc4)c3c(=O)[nH]2)c1. The van der Waals surface area contributed by atoms with Gasteiger partial charge in [-0.2, -0.15) is 0 Å². The molecule has 0 aliphatic carbocycles. The van der Waals surface area contributed by atoms with Crippen molar-refractivity contribution in [2.24, 2.45) is 0 Å². The Balaban J connectivity index is 1.48. The highest BCUT2D eigenvalue weighted by atomic mass is 32.1. The van der Waals surface area contributed by atoms with Gasteiger partial charge in [0.1, 0.15) is 10.6 Å². The fraction of sp³-hybridized carbons (Fsp3) is 0.167. The number of ketones is 1. The summed E-state index contributed by atoms with van der Waals surface area (Å²) in [5.74, 6) is 0.0999. The molecule has 0 bridgehead atoms. The Hall–Kier alpha value is -3.78. The fourth-order valence-corrected chi connectivity index (χ4v) is 4.24. The summed E-state index contributed by atoms with van der Waals surface area (Å²) >= 11 is 1.17. The molecule has 2 N–H and O–H groups in total. The van der Waals surface area contributed by atoms with Gasteiger partial charge in [-0.3, -0.25) is 14.4 Å². The van der Waals surface area contributed by atoms with Crippen LogP contribution in [0.25, 0.3) is 10.2 Å². The van der Waals surface area contributed by atoms with Gasteiger partial charge in [0.05, 0.1) is 18.1 Å². The van der Waals surface area contributed by atoms with Crippen LogP contribution < -0.4 is 15.6 Å². The van der Waals surface area contributed by atoms with Gasteiger partial charge in [-0.25, -0.2) is 4.98 Å². The molecule has 0 spiro atoms. The van der Waals surface area contributed by atoms with Crippen molar-refractivity contribution in [3.63, 3.8) is 0 Å². The van der Waals surface area contributed by atoms with E-state index in [1.54, 1.807) is 12.5 Å². The van der Waals surface area contributed by atoms with Crippen molar-refractivity contribution in [1.82, 2.24) is 15.3 Å². The van der Waals surface area contributed by atoms with Gasteiger partial charge >= 0.3 is 0 Å². The van der Waals surface area contributed by atoms with Crippen LogP contribution in [-0.2, 0) is 13.0 Å². The molecule has 32 heavy (non-hydrogen) atoms. The van der Waals surface area contributed by atoms with Crippen LogP contribution in [0.4, 0.5) is 0 Å². The van der Waals surface area contributed by atoms with E-state index < -0.39 is 5.56 Å². The number of hydrogen-bond acceptors (Lipinski definition) is 6. The number of Topliss-reactive ketones (excluding diaryl/α,β-unsaturated/α-hetero) is 1. The van der Waals surface area contributed by atoms with Gasteiger partial charge < -0.3 is 15.0 Å². The molecule has 0 atom stereocenters. The van der Waals surface area contributed by atoms with Gasteiger partial charge in [0.25, 0.3) is 11.5 Å². The van der Waals surface area contributed by atoms with E-state index in [1.165, 1.54) is 11.3 Å². The maximum atomic E-state index is 12.7. The van der Waals surface area contributed by atoms with Crippen molar-refractivity contribution in [3.05, 3.63) is 92.8 Å². The fourth-order valence-electron chi connectivity index (χ4n) is 3.33. The zero-order valence-corrected chi connectivity index (χ0v) is 18.2. The summed E-state index contributed by atoms with van der Waals surface area (Å²) < 4.78 is 5.20. The van der Waals surface area contributed by atoms with E-state index in [0.717, 1.165) is 16.9 Å².